The Kier molecular flexibility index (Phi) is 8.71. The Balaban J connectivity index is 0.000000273. The summed E-state index contributed by atoms with van der Waals surface area (Å²) in [5, 5.41) is 0. The first-order chi connectivity index (χ1) is 12.2. The Hall–Kier alpha value is -2.48. The second kappa shape index (κ2) is 10.5. The zero-order chi connectivity index (χ0) is 19.6. The molecule has 1 atom stereocenters. The van der Waals surface area contributed by atoms with Gasteiger partial charge in [0.2, 0.25) is 0 Å². The van der Waals surface area contributed by atoms with E-state index < -0.39 is 10.1 Å². The van der Waals surface area contributed by atoms with E-state index in [1.807, 2.05) is 37.3 Å². The maximum absolute atomic E-state index is 11.4. The second-order valence-corrected chi connectivity index (χ2v) is 6.95. The normalized spacial score (nSPS) is 11.7. The quantitative estimate of drug-likeness (QED) is 0.465. The van der Waals surface area contributed by atoms with Crippen LogP contribution in [0.15, 0.2) is 72.1 Å². The van der Waals surface area contributed by atoms with Gasteiger partial charge in [0.15, 0.2) is 6.04 Å². The molecule has 2 rings (SSSR count). The van der Waals surface area contributed by atoms with Gasteiger partial charge < -0.3 is 15.0 Å². The van der Waals surface area contributed by atoms with Gasteiger partial charge in [-0.05, 0) is 24.6 Å². The molecule has 7 heteroatoms. The summed E-state index contributed by atoms with van der Waals surface area (Å²) in [6.07, 6.45) is 2.16. The van der Waals surface area contributed by atoms with E-state index in [1.165, 1.54) is 12.1 Å². The zero-order valence-corrected chi connectivity index (χ0v) is 15.4. The van der Waals surface area contributed by atoms with Crippen molar-refractivity contribution < 1.29 is 28.2 Å². The number of quaternary nitrogens is 1. The molecular weight excluding hydrogens is 354 g/mol. The molecule has 0 amide bonds. The molecule has 140 valence electrons. The van der Waals surface area contributed by atoms with Crippen LogP contribution in [0, 0.1) is 6.92 Å². The standard InChI is InChI=1S/C12H15NO2.C7H8O3S/c1-2-8-15-12(14)11(13)9-10-6-4-3-5-7-10;1-6-2-4-7(5-3-6)11(8,9)10/h2-7,11H,1,8-9,13H2;2-5H,1H3,(H,8,9,10)/t11-;/m1./s1. The molecule has 26 heavy (non-hydrogen) atoms. The highest BCUT2D eigenvalue weighted by Gasteiger charge is 2.18. The van der Waals surface area contributed by atoms with Crippen molar-refractivity contribution in [2.75, 3.05) is 6.61 Å². The molecule has 0 fully saturated rings. The second-order valence-electron chi connectivity index (χ2n) is 5.57. The maximum Gasteiger partial charge on any atom is 0.365 e. The number of esters is 1. The van der Waals surface area contributed by atoms with E-state index in [9.17, 15) is 17.8 Å². The summed E-state index contributed by atoms with van der Waals surface area (Å²) in [6, 6.07) is 15.2. The Morgan fingerprint density at radius 2 is 1.77 bits per heavy atom. The smallest absolute Gasteiger partial charge is 0.365 e. The van der Waals surface area contributed by atoms with Crippen LogP contribution in [0.1, 0.15) is 11.1 Å². The fraction of sp³-hybridized carbons (Fsp3) is 0.211. The number of ether oxygens (including phenoxy) is 1. The number of rotatable bonds is 6. The molecule has 0 bridgehead atoms. The van der Waals surface area contributed by atoms with Crippen molar-refractivity contribution in [3.8, 4) is 0 Å². The van der Waals surface area contributed by atoms with Gasteiger partial charge in [0.1, 0.15) is 16.7 Å². The van der Waals surface area contributed by atoms with Crippen LogP contribution in [0.5, 0.6) is 0 Å². The highest BCUT2D eigenvalue weighted by atomic mass is 32.2. The lowest BCUT2D eigenvalue weighted by atomic mass is 10.1. The van der Waals surface area contributed by atoms with Gasteiger partial charge in [-0.2, -0.15) is 0 Å². The first-order valence-corrected chi connectivity index (χ1v) is 9.32. The first kappa shape index (κ1) is 21.6. The predicted octanol–water partition coefficient (Wildman–Crippen LogP) is 1.47. The van der Waals surface area contributed by atoms with E-state index in [0.717, 1.165) is 11.1 Å². The Bertz CT molecular complexity index is 802. The number of hydrogen-bond acceptors (Lipinski definition) is 5. The lowest BCUT2D eigenvalue weighted by Crippen LogP contribution is -2.66. The fourth-order valence-electron chi connectivity index (χ4n) is 1.95. The molecule has 0 aliphatic rings. The molecule has 0 aliphatic carbocycles. The number of benzene rings is 2. The van der Waals surface area contributed by atoms with E-state index >= 15 is 0 Å². The molecule has 0 unspecified atom stereocenters. The van der Waals surface area contributed by atoms with E-state index in [0.29, 0.717) is 6.42 Å². The molecule has 0 heterocycles. The summed E-state index contributed by atoms with van der Waals surface area (Å²) in [7, 11) is -4.27. The molecule has 6 nitrogen and oxygen atoms in total. The molecule has 3 N–H and O–H groups in total. The van der Waals surface area contributed by atoms with Gasteiger partial charge >= 0.3 is 5.97 Å². The van der Waals surface area contributed by atoms with Crippen molar-refractivity contribution in [1.29, 1.82) is 0 Å². The predicted molar refractivity (Wildman–Crippen MR) is 97.1 cm³/mol. The molecule has 0 spiro atoms. The van der Waals surface area contributed by atoms with Crippen LogP contribution in [-0.2, 0) is 26.1 Å². The summed E-state index contributed by atoms with van der Waals surface area (Å²) in [6.45, 7) is 5.55. The van der Waals surface area contributed by atoms with Crippen molar-refractivity contribution in [2.45, 2.75) is 24.3 Å². The summed E-state index contributed by atoms with van der Waals surface area (Å²) < 4.78 is 36.1. The van der Waals surface area contributed by atoms with Crippen LogP contribution in [0.2, 0.25) is 0 Å². The number of hydrogen-bond donors (Lipinski definition) is 1. The van der Waals surface area contributed by atoms with Gasteiger partial charge in [0.25, 0.3) is 0 Å². The average Bonchev–Trinajstić information content (AvgIpc) is 2.60. The minimum Gasteiger partial charge on any atom is -0.744 e. The number of aryl methyl sites for hydroxylation is 1. The largest absolute Gasteiger partial charge is 0.744 e. The topological polar surface area (TPSA) is 111 Å². The van der Waals surface area contributed by atoms with Crippen molar-refractivity contribution in [2.24, 2.45) is 0 Å². The molecule has 0 aromatic heterocycles. The van der Waals surface area contributed by atoms with Crippen LogP contribution in [-0.4, -0.2) is 31.6 Å². The highest BCUT2D eigenvalue weighted by Crippen LogP contribution is 2.08. The Morgan fingerprint density at radius 3 is 2.27 bits per heavy atom. The molecule has 0 aliphatic heterocycles. The third kappa shape index (κ3) is 8.06. The summed E-state index contributed by atoms with van der Waals surface area (Å²) in [5.74, 6) is -0.279. The monoisotopic (exact) mass is 377 g/mol. The van der Waals surface area contributed by atoms with Gasteiger partial charge in [-0.25, -0.2) is 13.2 Å². The van der Waals surface area contributed by atoms with Crippen LogP contribution in [0.25, 0.3) is 0 Å². The van der Waals surface area contributed by atoms with Crippen molar-refractivity contribution in [3.63, 3.8) is 0 Å². The third-order valence-corrected chi connectivity index (χ3v) is 4.16. The van der Waals surface area contributed by atoms with Crippen molar-refractivity contribution in [3.05, 3.63) is 78.4 Å². The molecule has 2 aromatic carbocycles. The number of carbonyl (C=O) groups is 1. The van der Waals surface area contributed by atoms with Gasteiger partial charge in [0, 0.05) is 6.42 Å². The molecule has 2 aromatic rings. The van der Waals surface area contributed by atoms with E-state index in [-0.39, 0.29) is 23.5 Å². The van der Waals surface area contributed by atoms with E-state index in [4.69, 9.17) is 4.74 Å². The number of carbonyl (C=O) groups excluding carboxylic acids is 1. The van der Waals surface area contributed by atoms with E-state index in [1.54, 1.807) is 18.2 Å². The minimum absolute atomic E-state index is 0.178. The maximum atomic E-state index is 11.4. The van der Waals surface area contributed by atoms with Gasteiger partial charge in [-0.1, -0.05) is 60.7 Å². The van der Waals surface area contributed by atoms with Gasteiger partial charge in [0.05, 0.1) is 4.90 Å². The van der Waals surface area contributed by atoms with Crippen LogP contribution in [0.4, 0.5) is 0 Å². The lowest BCUT2D eigenvalue weighted by Gasteiger charge is -2.07. The molecule has 0 saturated carbocycles. The Morgan fingerprint density at radius 1 is 1.19 bits per heavy atom. The first-order valence-electron chi connectivity index (χ1n) is 7.91. The van der Waals surface area contributed by atoms with Gasteiger partial charge in [-0.3, -0.25) is 0 Å². The van der Waals surface area contributed by atoms with Crippen LogP contribution >= 0.6 is 0 Å². The summed E-state index contributed by atoms with van der Waals surface area (Å²) in [5.41, 5.74) is 5.80. The molecular formula is C19H23NO5S. The van der Waals surface area contributed by atoms with Crippen molar-refractivity contribution in [1.82, 2.24) is 0 Å². The highest BCUT2D eigenvalue weighted by molar-refractivity contribution is 7.85. The third-order valence-electron chi connectivity index (χ3n) is 3.31. The van der Waals surface area contributed by atoms with Gasteiger partial charge in [-0.15, -0.1) is 0 Å². The summed E-state index contributed by atoms with van der Waals surface area (Å²) in [4.78, 5) is 11.2. The minimum atomic E-state index is -4.27. The fourth-order valence-corrected chi connectivity index (χ4v) is 2.42. The van der Waals surface area contributed by atoms with Crippen LogP contribution < -0.4 is 5.73 Å². The molecule has 0 saturated heterocycles. The Labute approximate surface area is 154 Å². The molecule has 0 radical (unpaired) electrons. The lowest BCUT2D eigenvalue weighted by molar-refractivity contribution is -0.407. The zero-order valence-electron chi connectivity index (χ0n) is 14.6. The van der Waals surface area contributed by atoms with E-state index in [2.05, 4.69) is 12.3 Å². The van der Waals surface area contributed by atoms with Crippen LogP contribution in [0.3, 0.4) is 0 Å². The summed E-state index contributed by atoms with van der Waals surface area (Å²) >= 11 is 0. The average molecular weight is 377 g/mol. The van der Waals surface area contributed by atoms with Crippen molar-refractivity contribution >= 4 is 16.1 Å². The SMILES string of the molecule is C=CCOC(=O)[C@H]([NH3+])Cc1ccccc1.Cc1ccc(S(=O)(=O)[O-])cc1.